The van der Waals surface area contributed by atoms with E-state index in [0.717, 1.165) is 6.07 Å². The summed E-state index contributed by atoms with van der Waals surface area (Å²) in [6, 6.07) is 5.06. The van der Waals surface area contributed by atoms with E-state index in [9.17, 15) is 18.0 Å². The number of alkyl halides is 3. The first kappa shape index (κ1) is 20.8. The molecule has 1 aromatic carbocycles. The third-order valence-corrected chi connectivity index (χ3v) is 5.01. The first-order valence-electron chi connectivity index (χ1n) is 8.73. The van der Waals surface area contributed by atoms with Crippen molar-refractivity contribution in [2.75, 3.05) is 25.5 Å². The summed E-state index contributed by atoms with van der Waals surface area (Å²) in [4.78, 5) is 16.4. The highest BCUT2D eigenvalue weighted by molar-refractivity contribution is 6.03. The Labute approximate surface area is 157 Å². The molecule has 0 spiro atoms. The fraction of sp³-hybridized carbons (Fsp3) is 0.500. The summed E-state index contributed by atoms with van der Waals surface area (Å²) in [5, 5.41) is 9.00. The predicted octanol–water partition coefficient (Wildman–Crippen LogP) is 4.22. The van der Waals surface area contributed by atoms with Crippen molar-refractivity contribution in [3.63, 3.8) is 0 Å². The van der Waals surface area contributed by atoms with Crippen LogP contribution in [0.2, 0.25) is 0 Å². The lowest BCUT2D eigenvalue weighted by atomic mass is 9.85. The average Bonchev–Trinajstić information content (AvgIpc) is 2.78. The van der Waals surface area contributed by atoms with Crippen molar-refractivity contribution >= 4 is 11.5 Å². The van der Waals surface area contributed by atoms with Gasteiger partial charge in [0.2, 0.25) is 0 Å². The molecule has 0 aliphatic heterocycles. The molecule has 1 unspecified atom stereocenters. The second-order valence-corrected chi connectivity index (χ2v) is 7.51. The fourth-order valence-corrected chi connectivity index (χ4v) is 3.67. The van der Waals surface area contributed by atoms with Gasteiger partial charge in [0.25, 0.3) is 0 Å². The smallest absolute Gasteiger partial charge is 0.383 e. The number of carbonyl (C=O) groups excluding carboxylic acids is 1. The van der Waals surface area contributed by atoms with E-state index in [2.05, 4.69) is 0 Å². The van der Waals surface area contributed by atoms with Crippen molar-refractivity contribution in [3.8, 4) is 6.07 Å². The Morgan fingerprint density at radius 1 is 1.33 bits per heavy atom. The van der Waals surface area contributed by atoms with Gasteiger partial charge in [-0.3, -0.25) is 4.79 Å². The molecule has 0 aromatic heterocycles. The molecule has 0 amide bonds. The molecule has 1 aliphatic rings. The van der Waals surface area contributed by atoms with Crippen LogP contribution in [0.5, 0.6) is 0 Å². The van der Waals surface area contributed by atoms with Gasteiger partial charge in [-0.1, -0.05) is 13.8 Å². The summed E-state index contributed by atoms with van der Waals surface area (Å²) in [7, 11) is 3.66. The largest absolute Gasteiger partial charge is 0.417 e. The van der Waals surface area contributed by atoms with Crippen molar-refractivity contribution in [3.05, 3.63) is 41.1 Å². The van der Waals surface area contributed by atoms with E-state index in [1.165, 1.54) is 12.1 Å². The number of hydrogen-bond donors (Lipinski definition) is 0. The number of ketones is 1. The second-order valence-electron chi connectivity index (χ2n) is 7.51. The maximum atomic E-state index is 13.3. The maximum absolute atomic E-state index is 13.3. The van der Waals surface area contributed by atoms with Gasteiger partial charge in [0.1, 0.15) is 0 Å². The van der Waals surface area contributed by atoms with Gasteiger partial charge in [0.15, 0.2) is 5.78 Å². The first-order valence-corrected chi connectivity index (χ1v) is 8.73. The third-order valence-electron chi connectivity index (χ3n) is 5.01. The van der Waals surface area contributed by atoms with Gasteiger partial charge in [0, 0.05) is 49.6 Å². The quantitative estimate of drug-likeness (QED) is 0.735. The molecule has 0 heterocycles. The highest BCUT2D eigenvalue weighted by Gasteiger charge is 2.48. The monoisotopic (exact) mass is 379 g/mol. The Morgan fingerprint density at radius 3 is 2.44 bits per heavy atom. The number of hydrogen-bond acceptors (Lipinski definition) is 4. The van der Waals surface area contributed by atoms with Crippen molar-refractivity contribution in [2.45, 2.75) is 39.4 Å². The molecule has 4 nitrogen and oxygen atoms in total. The minimum Gasteiger partial charge on any atom is -0.383 e. The molecule has 7 heteroatoms. The number of nitriles is 1. The Morgan fingerprint density at radius 2 is 1.96 bits per heavy atom. The zero-order chi connectivity index (χ0) is 20.6. The highest BCUT2D eigenvalue weighted by atomic mass is 19.4. The van der Waals surface area contributed by atoms with Crippen LogP contribution >= 0.6 is 0 Å². The summed E-state index contributed by atoms with van der Waals surface area (Å²) >= 11 is 0. The molecule has 0 saturated heterocycles. The van der Waals surface area contributed by atoms with Crippen LogP contribution in [0, 0.1) is 16.7 Å². The molecular weight excluding hydrogens is 355 g/mol. The average molecular weight is 379 g/mol. The van der Waals surface area contributed by atoms with Crippen LogP contribution in [-0.4, -0.2) is 37.4 Å². The molecule has 1 aromatic rings. The summed E-state index contributed by atoms with van der Waals surface area (Å²) in [6.45, 7) is 5.94. The standard InChI is InChI=1S/C20H24F3N3O/c1-6-26(15-8-7-13(11-24)16(10-15)20(21,22)23)17-9-14(12-25(4)5)18(27)19(17,2)3/h7-8,10,12,17H,6,9H2,1-5H3/b14-12-. The number of halogens is 3. The van der Waals surface area contributed by atoms with E-state index in [0.29, 0.717) is 24.2 Å². The number of Topliss-reactive ketones (excluding diaryl/α,β-unsaturated/α-hetero) is 1. The molecule has 1 fully saturated rings. The minimum atomic E-state index is -4.61. The SMILES string of the molecule is CCN(c1ccc(C#N)c(C(F)(F)F)c1)C1C/C(=C/N(C)C)C(=O)C1(C)C. The van der Waals surface area contributed by atoms with Crippen molar-refractivity contribution in [1.29, 1.82) is 5.26 Å². The zero-order valence-electron chi connectivity index (χ0n) is 16.2. The van der Waals surface area contributed by atoms with Crippen LogP contribution in [0.4, 0.5) is 18.9 Å². The van der Waals surface area contributed by atoms with E-state index in [4.69, 9.17) is 5.26 Å². The van der Waals surface area contributed by atoms with E-state index < -0.39 is 22.7 Å². The lowest BCUT2D eigenvalue weighted by Gasteiger charge is -2.37. The van der Waals surface area contributed by atoms with Crippen molar-refractivity contribution in [2.24, 2.45) is 5.41 Å². The number of carbonyl (C=O) groups is 1. The van der Waals surface area contributed by atoms with Crippen LogP contribution in [-0.2, 0) is 11.0 Å². The topological polar surface area (TPSA) is 47.3 Å². The van der Waals surface area contributed by atoms with Crippen LogP contribution in [0.25, 0.3) is 0 Å². The molecule has 0 bridgehead atoms. The normalized spacial score (nSPS) is 20.6. The second kappa shape index (κ2) is 7.26. The predicted molar refractivity (Wildman–Crippen MR) is 98.1 cm³/mol. The van der Waals surface area contributed by atoms with Gasteiger partial charge in [0.05, 0.1) is 17.2 Å². The molecule has 2 rings (SSSR count). The first-order chi connectivity index (χ1) is 12.4. The summed E-state index contributed by atoms with van der Waals surface area (Å²) in [6.07, 6.45) is -2.38. The molecule has 0 N–H and O–H groups in total. The Bertz CT molecular complexity index is 804. The molecule has 0 radical (unpaired) electrons. The third kappa shape index (κ3) is 3.95. The van der Waals surface area contributed by atoms with E-state index >= 15 is 0 Å². The van der Waals surface area contributed by atoms with Crippen molar-refractivity contribution < 1.29 is 18.0 Å². The van der Waals surface area contributed by atoms with Crippen molar-refractivity contribution in [1.82, 2.24) is 4.90 Å². The minimum absolute atomic E-state index is 0.00402. The Balaban J connectivity index is 2.51. The van der Waals surface area contributed by atoms with E-state index in [-0.39, 0.29) is 11.8 Å². The maximum Gasteiger partial charge on any atom is 0.417 e. The van der Waals surface area contributed by atoms with Gasteiger partial charge in [-0.15, -0.1) is 0 Å². The fourth-order valence-electron chi connectivity index (χ4n) is 3.67. The van der Waals surface area contributed by atoms with Crippen LogP contribution in [0.15, 0.2) is 30.0 Å². The lowest BCUT2D eigenvalue weighted by molar-refractivity contribution is -0.137. The number of rotatable bonds is 4. The van der Waals surface area contributed by atoms with Crippen LogP contribution < -0.4 is 4.90 Å². The van der Waals surface area contributed by atoms with Gasteiger partial charge < -0.3 is 9.80 Å². The van der Waals surface area contributed by atoms with Crippen LogP contribution in [0.3, 0.4) is 0 Å². The molecule has 1 aliphatic carbocycles. The van der Waals surface area contributed by atoms with Gasteiger partial charge >= 0.3 is 6.18 Å². The van der Waals surface area contributed by atoms with E-state index in [1.54, 1.807) is 17.2 Å². The number of anilines is 1. The van der Waals surface area contributed by atoms with Gasteiger partial charge in [-0.05, 0) is 31.5 Å². The Kier molecular flexibility index (Phi) is 5.60. The summed E-state index contributed by atoms with van der Waals surface area (Å²) in [5.74, 6) is 0.00402. The summed E-state index contributed by atoms with van der Waals surface area (Å²) < 4.78 is 40.0. The van der Waals surface area contributed by atoms with Gasteiger partial charge in [-0.25, -0.2) is 0 Å². The van der Waals surface area contributed by atoms with Crippen LogP contribution in [0.1, 0.15) is 38.3 Å². The molecule has 1 saturated carbocycles. The number of nitrogens with zero attached hydrogens (tertiary/aromatic N) is 3. The molecule has 1 atom stereocenters. The highest BCUT2D eigenvalue weighted by Crippen LogP contribution is 2.43. The number of benzene rings is 1. The molecule has 146 valence electrons. The zero-order valence-corrected chi connectivity index (χ0v) is 16.2. The summed E-state index contributed by atoms with van der Waals surface area (Å²) in [5.41, 5.74) is -1.06. The van der Waals surface area contributed by atoms with Gasteiger partial charge in [-0.2, -0.15) is 18.4 Å². The molecule has 27 heavy (non-hydrogen) atoms. The van der Waals surface area contributed by atoms with E-state index in [1.807, 2.05) is 39.8 Å². The lowest BCUT2D eigenvalue weighted by Crippen LogP contribution is -2.44. The Hall–Kier alpha value is -2.49. The molecular formula is C20H24F3N3O.